The van der Waals surface area contributed by atoms with Crippen molar-refractivity contribution in [2.24, 2.45) is 0 Å². The van der Waals surface area contributed by atoms with Gasteiger partial charge in [0, 0.05) is 11.0 Å². The maximum Gasteiger partial charge on any atom is 0.416 e. The number of alkyl halides is 3. The van der Waals surface area contributed by atoms with Gasteiger partial charge in [-0.1, -0.05) is 22.0 Å². The molecule has 0 aliphatic carbocycles. The normalized spacial score (nSPS) is 21.4. The van der Waals surface area contributed by atoms with Crippen LogP contribution < -0.4 is 5.32 Å². The van der Waals surface area contributed by atoms with E-state index in [0.29, 0.717) is 16.6 Å². The second-order valence-electron chi connectivity index (χ2n) is 3.89. The topological polar surface area (TPSA) is 12.0 Å². The molecule has 1 aromatic carbocycles. The summed E-state index contributed by atoms with van der Waals surface area (Å²) in [5, 5.41) is 3.09. The first-order valence-electron chi connectivity index (χ1n) is 5.06. The molecule has 1 nitrogen and oxygen atoms in total. The fraction of sp³-hybridized carbons (Fsp3) is 0.455. The first kappa shape index (κ1) is 11.9. The van der Waals surface area contributed by atoms with E-state index < -0.39 is 11.7 Å². The predicted molar refractivity (Wildman–Crippen MR) is 59.4 cm³/mol. The van der Waals surface area contributed by atoms with Crippen LogP contribution in [0, 0.1) is 0 Å². The monoisotopic (exact) mass is 293 g/mol. The Labute approximate surface area is 100 Å². The number of hydrogen-bond acceptors (Lipinski definition) is 1. The van der Waals surface area contributed by atoms with Gasteiger partial charge in [0.1, 0.15) is 0 Å². The van der Waals surface area contributed by atoms with E-state index in [-0.39, 0.29) is 5.92 Å². The third-order valence-corrected chi connectivity index (χ3v) is 3.52. The second kappa shape index (κ2) is 4.37. The summed E-state index contributed by atoms with van der Waals surface area (Å²) in [6, 6.07) is 4.25. The van der Waals surface area contributed by atoms with Crippen molar-refractivity contribution in [3.8, 4) is 0 Å². The van der Waals surface area contributed by atoms with E-state index in [1.807, 2.05) is 0 Å². The SMILES string of the molecule is FC(F)(F)c1cccc(Br)c1C1CCNC1. The molecule has 0 aromatic heterocycles. The quantitative estimate of drug-likeness (QED) is 0.835. The fourth-order valence-corrected chi connectivity index (χ4v) is 2.79. The molecular formula is C11H11BrF3N. The molecule has 1 saturated heterocycles. The Kier molecular flexibility index (Phi) is 3.26. The molecule has 16 heavy (non-hydrogen) atoms. The first-order chi connectivity index (χ1) is 7.50. The van der Waals surface area contributed by atoms with Gasteiger partial charge in [-0.15, -0.1) is 0 Å². The van der Waals surface area contributed by atoms with Crippen LogP contribution in [0.15, 0.2) is 22.7 Å². The number of benzene rings is 1. The van der Waals surface area contributed by atoms with E-state index in [1.165, 1.54) is 6.07 Å². The molecule has 1 N–H and O–H groups in total. The average molecular weight is 294 g/mol. The lowest BCUT2D eigenvalue weighted by Crippen LogP contribution is -2.14. The van der Waals surface area contributed by atoms with Gasteiger partial charge < -0.3 is 5.32 Å². The van der Waals surface area contributed by atoms with Crippen LogP contribution in [-0.4, -0.2) is 13.1 Å². The van der Waals surface area contributed by atoms with Crippen molar-refractivity contribution in [2.75, 3.05) is 13.1 Å². The van der Waals surface area contributed by atoms with E-state index in [0.717, 1.165) is 19.0 Å². The van der Waals surface area contributed by atoms with Crippen LogP contribution in [-0.2, 0) is 6.18 Å². The van der Waals surface area contributed by atoms with E-state index in [4.69, 9.17) is 0 Å². The molecule has 5 heteroatoms. The van der Waals surface area contributed by atoms with E-state index in [1.54, 1.807) is 6.07 Å². The van der Waals surface area contributed by atoms with Gasteiger partial charge in [0.2, 0.25) is 0 Å². The summed E-state index contributed by atoms with van der Waals surface area (Å²) in [7, 11) is 0. The van der Waals surface area contributed by atoms with Gasteiger partial charge in [-0.05, 0) is 36.6 Å². The molecule has 1 aliphatic heterocycles. The average Bonchev–Trinajstić information content (AvgIpc) is 2.68. The minimum absolute atomic E-state index is 0.0489. The van der Waals surface area contributed by atoms with Crippen LogP contribution in [0.2, 0.25) is 0 Å². The Morgan fingerprint density at radius 3 is 2.62 bits per heavy atom. The van der Waals surface area contributed by atoms with E-state index in [2.05, 4.69) is 21.2 Å². The Hall–Kier alpha value is -0.550. The molecule has 2 rings (SSSR count). The van der Waals surface area contributed by atoms with Crippen molar-refractivity contribution in [1.29, 1.82) is 0 Å². The third-order valence-electron chi connectivity index (χ3n) is 2.83. The largest absolute Gasteiger partial charge is 0.416 e. The number of rotatable bonds is 1. The maximum atomic E-state index is 12.8. The number of halogens is 4. The van der Waals surface area contributed by atoms with Gasteiger partial charge in [0.15, 0.2) is 0 Å². The zero-order chi connectivity index (χ0) is 11.8. The molecule has 1 heterocycles. The van der Waals surface area contributed by atoms with Crippen molar-refractivity contribution < 1.29 is 13.2 Å². The summed E-state index contributed by atoms with van der Waals surface area (Å²) < 4.78 is 39.1. The lowest BCUT2D eigenvalue weighted by Gasteiger charge is -2.18. The highest BCUT2D eigenvalue weighted by molar-refractivity contribution is 9.10. The smallest absolute Gasteiger partial charge is 0.316 e. The molecule has 0 saturated carbocycles. The number of hydrogen-bond donors (Lipinski definition) is 1. The summed E-state index contributed by atoms with van der Waals surface area (Å²) in [6.07, 6.45) is -3.52. The van der Waals surface area contributed by atoms with Gasteiger partial charge in [0.05, 0.1) is 5.56 Å². The molecular weight excluding hydrogens is 283 g/mol. The molecule has 0 amide bonds. The van der Waals surface area contributed by atoms with Gasteiger partial charge in [0.25, 0.3) is 0 Å². The second-order valence-corrected chi connectivity index (χ2v) is 4.74. The fourth-order valence-electron chi connectivity index (χ4n) is 2.10. The molecule has 0 radical (unpaired) electrons. The lowest BCUT2D eigenvalue weighted by atomic mass is 9.93. The van der Waals surface area contributed by atoms with Crippen LogP contribution in [0.3, 0.4) is 0 Å². The Bertz CT molecular complexity index is 383. The van der Waals surface area contributed by atoms with Gasteiger partial charge >= 0.3 is 6.18 Å². The highest BCUT2D eigenvalue weighted by Crippen LogP contribution is 2.40. The van der Waals surface area contributed by atoms with Crippen LogP contribution >= 0.6 is 15.9 Å². The van der Waals surface area contributed by atoms with Crippen molar-refractivity contribution in [3.63, 3.8) is 0 Å². The van der Waals surface area contributed by atoms with Crippen LogP contribution in [0.5, 0.6) is 0 Å². The van der Waals surface area contributed by atoms with Crippen molar-refractivity contribution in [1.82, 2.24) is 5.32 Å². The Morgan fingerprint density at radius 2 is 2.06 bits per heavy atom. The number of nitrogens with one attached hydrogen (secondary N) is 1. The Morgan fingerprint density at radius 1 is 1.31 bits per heavy atom. The van der Waals surface area contributed by atoms with E-state index in [9.17, 15) is 13.2 Å². The summed E-state index contributed by atoms with van der Waals surface area (Å²) >= 11 is 3.22. The zero-order valence-corrected chi connectivity index (χ0v) is 10.0. The Balaban J connectivity index is 2.48. The summed E-state index contributed by atoms with van der Waals surface area (Å²) in [4.78, 5) is 0. The van der Waals surface area contributed by atoms with Crippen LogP contribution in [0.4, 0.5) is 13.2 Å². The van der Waals surface area contributed by atoms with Gasteiger partial charge in [-0.2, -0.15) is 13.2 Å². The molecule has 0 bridgehead atoms. The molecule has 0 spiro atoms. The minimum atomic E-state index is -4.28. The van der Waals surface area contributed by atoms with Gasteiger partial charge in [-0.3, -0.25) is 0 Å². The predicted octanol–water partition coefficient (Wildman–Crippen LogP) is 3.54. The summed E-state index contributed by atoms with van der Waals surface area (Å²) in [6.45, 7) is 1.40. The standard InChI is InChI=1S/C11H11BrF3N/c12-9-3-1-2-8(11(13,14)15)10(9)7-4-5-16-6-7/h1-3,7,16H,4-6H2. The molecule has 1 unspecified atom stereocenters. The van der Waals surface area contributed by atoms with Crippen molar-refractivity contribution in [3.05, 3.63) is 33.8 Å². The molecule has 1 aromatic rings. The first-order valence-corrected chi connectivity index (χ1v) is 5.86. The highest BCUT2D eigenvalue weighted by atomic mass is 79.9. The molecule has 88 valence electrons. The highest BCUT2D eigenvalue weighted by Gasteiger charge is 2.36. The third kappa shape index (κ3) is 2.25. The lowest BCUT2D eigenvalue weighted by molar-refractivity contribution is -0.138. The summed E-state index contributed by atoms with van der Waals surface area (Å²) in [5.41, 5.74) is -0.129. The summed E-state index contributed by atoms with van der Waals surface area (Å²) in [5.74, 6) is -0.0489. The van der Waals surface area contributed by atoms with Gasteiger partial charge in [-0.25, -0.2) is 0 Å². The molecule has 1 atom stereocenters. The van der Waals surface area contributed by atoms with Crippen molar-refractivity contribution >= 4 is 15.9 Å². The molecule has 1 aliphatic rings. The maximum absolute atomic E-state index is 12.8. The minimum Gasteiger partial charge on any atom is -0.316 e. The molecule has 1 fully saturated rings. The van der Waals surface area contributed by atoms with Crippen molar-refractivity contribution in [2.45, 2.75) is 18.5 Å². The van der Waals surface area contributed by atoms with Crippen LogP contribution in [0.1, 0.15) is 23.5 Å². The zero-order valence-electron chi connectivity index (χ0n) is 8.44. The van der Waals surface area contributed by atoms with Crippen LogP contribution in [0.25, 0.3) is 0 Å². The van der Waals surface area contributed by atoms with E-state index >= 15 is 0 Å².